The van der Waals surface area contributed by atoms with Crippen LogP contribution < -0.4 is 14.4 Å². The number of carbonyl (C=O) groups excluding carboxylic acids is 1. The fourth-order valence-corrected chi connectivity index (χ4v) is 5.04. The summed E-state index contributed by atoms with van der Waals surface area (Å²) in [7, 11) is -3.63. The lowest BCUT2D eigenvalue weighted by atomic mass is 9.87. The molecule has 138 valence electrons. The van der Waals surface area contributed by atoms with Crippen LogP contribution in [0.2, 0.25) is 0 Å². The summed E-state index contributed by atoms with van der Waals surface area (Å²) in [6.45, 7) is 5.87. The van der Waals surface area contributed by atoms with E-state index in [0.717, 1.165) is 25.7 Å². The van der Waals surface area contributed by atoms with Crippen molar-refractivity contribution in [2.45, 2.75) is 63.5 Å². The van der Waals surface area contributed by atoms with Gasteiger partial charge in [0.1, 0.15) is 11.9 Å². The highest BCUT2D eigenvalue weighted by Gasteiger charge is 2.30. The minimum absolute atomic E-state index is 0.0324. The summed E-state index contributed by atoms with van der Waals surface area (Å²) in [5, 5.41) is 0. The highest BCUT2D eigenvalue weighted by atomic mass is 32.2. The van der Waals surface area contributed by atoms with Crippen molar-refractivity contribution in [3.63, 3.8) is 0 Å². The van der Waals surface area contributed by atoms with Crippen LogP contribution >= 0.6 is 0 Å². The minimum Gasteiger partial charge on any atom is -0.487 e. The first-order valence-electron chi connectivity index (χ1n) is 8.89. The standard InChI is InChI=1S/C18H26N2O4S/c1-12-6-4-5-7-16(12)19-25(22,23)15-8-9-18-17(10-15)20(14(3)21)11-13(2)24-18/h8-10,12-13,16,19H,4-7,11H2,1-3H3. The minimum atomic E-state index is -3.63. The Morgan fingerprint density at radius 1 is 1.24 bits per heavy atom. The third-order valence-corrected chi connectivity index (χ3v) is 6.59. The van der Waals surface area contributed by atoms with Crippen molar-refractivity contribution in [3.05, 3.63) is 18.2 Å². The first-order valence-corrected chi connectivity index (χ1v) is 10.4. The van der Waals surface area contributed by atoms with Gasteiger partial charge in [-0.25, -0.2) is 13.1 Å². The Balaban J connectivity index is 1.90. The van der Waals surface area contributed by atoms with Gasteiger partial charge in [0, 0.05) is 13.0 Å². The molecule has 1 fully saturated rings. The third kappa shape index (κ3) is 3.82. The summed E-state index contributed by atoms with van der Waals surface area (Å²) in [6, 6.07) is 4.69. The molecule has 0 radical (unpaired) electrons. The second-order valence-corrected chi connectivity index (χ2v) is 8.89. The normalized spacial score (nSPS) is 26.7. The number of anilines is 1. The van der Waals surface area contributed by atoms with Gasteiger partial charge in [0.15, 0.2) is 0 Å². The average Bonchev–Trinajstić information content (AvgIpc) is 2.55. The number of benzene rings is 1. The molecule has 1 heterocycles. The molecule has 0 bridgehead atoms. The van der Waals surface area contributed by atoms with Crippen molar-refractivity contribution in [1.29, 1.82) is 0 Å². The Morgan fingerprint density at radius 3 is 2.64 bits per heavy atom. The highest BCUT2D eigenvalue weighted by Crippen LogP contribution is 2.36. The van der Waals surface area contributed by atoms with Gasteiger partial charge in [-0.15, -0.1) is 0 Å². The second-order valence-electron chi connectivity index (χ2n) is 7.18. The van der Waals surface area contributed by atoms with Gasteiger partial charge in [-0.2, -0.15) is 0 Å². The molecule has 0 aromatic heterocycles. The predicted octanol–water partition coefficient (Wildman–Crippen LogP) is 2.68. The molecule has 3 rings (SSSR count). The van der Waals surface area contributed by atoms with E-state index >= 15 is 0 Å². The number of nitrogens with zero attached hydrogens (tertiary/aromatic N) is 1. The van der Waals surface area contributed by atoms with Crippen LogP contribution in [0.15, 0.2) is 23.1 Å². The smallest absolute Gasteiger partial charge is 0.240 e. The number of hydrogen-bond donors (Lipinski definition) is 1. The van der Waals surface area contributed by atoms with Gasteiger partial charge in [-0.1, -0.05) is 19.8 Å². The largest absolute Gasteiger partial charge is 0.487 e. The van der Waals surface area contributed by atoms with Crippen molar-refractivity contribution in [2.24, 2.45) is 5.92 Å². The zero-order valence-corrected chi connectivity index (χ0v) is 15.8. The number of fused-ring (bicyclic) bond motifs is 1. The Kier molecular flexibility index (Phi) is 5.06. The van der Waals surface area contributed by atoms with Gasteiger partial charge in [0.2, 0.25) is 15.9 Å². The molecule has 3 atom stereocenters. The fraction of sp³-hybridized carbons (Fsp3) is 0.611. The number of sulfonamides is 1. The lowest BCUT2D eigenvalue weighted by Crippen LogP contribution is -2.42. The zero-order valence-electron chi connectivity index (χ0n) is 15.0. The molecule has 1 saturated carbocycles. The first kappa shape index (κ1) is 18.2. The number of hydrogen-bond acceptors (Lipinski definition) is 4. The molecule has 6 nitrogen and oxygen atoms in total. The maximum absolute atomic E-state index is 12.8. The van der Waals surface area contributed by atoms with Crippen molar-refractivity contribution in [1.82, 2.24) is 4.72 Å². The van der Waals surface area contributed by atoms with E-state index in [0.29, 0.717) is 23.9 Å². The molecule has 7 heteroatoms. The Labute approximate surface area is 149 Å². The summed E-state index contributed by atoms with van der Waals surface area (Å²) in [4.78, 5) is 13.7. The van der Waals surface area contributed by atoms with Gasteiger partial charge in [0.25, 0.3) is 0 Å². The van der Waals surface area contributed by atoms with Crippen molar-refractivity contribution in [2.75, 3.05) is 11.4 Å². The van der Waals surface area contributed by atoms with Gasteiger partial charge in [-0.3, -0.25) is 4.79 Å². The van der Waals surface area contributed by atoms with Gasteiger partial charge >= 0.3 is 0 Å². The molecule has 0 saturated heterocycles. The van der Waals surface area contributed by atoms with Crippen molar-refractivity contribution >= 4 is 21.6 Å². The molecule has 1 aliphatic heterocycles. The molecule has 1 amide bonds. The Morgan fingerprint density at radius 2 is 1.96 bits per heavy atom. The van der Waals surface area contributed by atoms with E-state index < -0.39 is 10.0 Å². The molecule has 25 heavy (non-hydrogen) atoms. The summed E-state index contributed by atoms with van der Waals surface area (Å²) >= 11 is 0. The second kappa shape index (κ2) is 6.96. The van der Waals surface area contributed by atoms with Crippen LogP contribution in [0.5, 0.6) is 5.75 Å². The summed E-state index contributed by atoms with van der Waals surface area (Å²) < 4.78 is 34.2. The fourth-order valence-electron chi connectivity index (χ4n) is 3.64. The van der Waals surface area contributed by atoms with Crippen LogP contribution in [0.1, 0.15) is 46.5 Å². The lowest BCUT2D eigenvalue weighted by Gasteiger charge is -2.33. The van der Waals surface area contributed by atoms with Crippen LogP contribution in [-0.4, -0.2) is 33.0 Å². The number of carbonyl (C=O) groups is 1. The van der Waals surface area contributed by atoms with E-state index in [1.807, 2.05) is 6.92 Å². The van der Waals surface area contributed by atoms with Gasteiger partial charge < -0.3 is 9.64 Å². The molecule has 1 aromatic carbocycles. The number of rotatable bonds is 3. The van der Waals surface area contributed by atoms with Gasteiger partial charge in [-0.05, 0) is 43.9 Å². The molecule has 1 aromatic rings. The maximum Gasteiger partial charge on any atom is 0.240 e. The van der Waals surface area contributed by atoms with Crippen molar-refractivity contribution < 1.29 is 17.9 Å². The van der Waals surface area contributed by atoms with E-state index in [2.05, 4.69) is 11.6 Å². The average molecular weight is 366 g/mol. The highest BCUT2D eigenvalue weighted by molar-refractivity contribution is 7.89. The van der Waals surface area contributed by atoms with Gasteiger partial charge in [0.05, 0.1) is 17.1 Å². The summed E-state index contributed by atoms with van der Waals surface area (Å²) in [6.07, 6.45) is 3.99. The lowest BCUT2D eigenvalue weighted by molar-refractivity contribution is -0.117. The van der Waals surface area contributed by atoms with Crippen molar-refractivity contribution in [3.8, 4) is 5.75 Å². The van der Waals surface area contributed by atoms with Crippen LogP contribution in [0.25, 0.3) is 0 Å². The number of amides is 1. The predicted molar refractivity (Wildman–Crippen MR) is 96.3 cm³/mol. The van der Waals surface area contributed by atoms with E-state index in [9.17, 15) is 13.2 Å². The molecule has 3 unspecified atom stereocenters. The number of nitrogens with one attached hydrogen (secondary N) is 1. The summed E-state index contributed by atoms with van der Waals surface area (Å²) in [5.74, 6) is 0.748. The van der Waals surface area contributed by atoms with E-state index in [4.69, 9.17) is 4.74 Å². The molecule has 1 aliphatic carbocycles. The van der Waals surface area contributed by atoms with E-state index in [1.165, 1.54) is 6.92 Å². The Hall–Kier alpha value is -1.60. The third-order valence-electron chi connectivity index (χ3n) is 5.10. The van der Waals surface area contributed by atoms with E-state index in [-0.39, 0.29) is 22.9 Å². The van der Waals surface area contributed by atoms with E-state index in [1.54, 1.807) is 23.1 Å². The quantitative estimate of drug-likeness (QED) is 0.892. The molecular weight excluding hydrogens is 340 g/mol. The maximum atomic E-state index is 12.8. The zero-order chi connectivity index (χ0) is 18.2. The van der Waals surface area contributed by atoms with Crippen LogP contribution in [-0.2, 0) is 14.8 Å². The van der Waals surface area contributed by atoms with Crippen LogP contribution in [0, 0.1) is 5.92 Å². The Bertz CT molecular complexity index is 762. The molecular formula is C18H26N2O4S. The molecule has 2 aliphatic rings. The first-order chi connectivity index (χ1) is 11.8. The topological polar surface area (TPSA) is 75.7 Å². The SMILES string of the molecule is CC(=O)N1CC(C)Oc2ccc(S(=O)(=O)NC3CCCCC3C)cc21. The monoisotopic (exact) mass is 366 g/mol. The van der Waals surface area contributed by atoms with Crippen LogP contribution in [0.3, 0.4) is 0 Å². The number of ether oxygens (including phenoxy) is 1. The summed E-state index contributed by atoms with van der Waals surface area (Å²) in [5.41, 5.74) is 0.519. The molecule has 0 spiro atoms. The van der Waals surface area contributed by atoms with Crippen LogP contribution in [0.4, 0.5) is 5.69 Å². The molecule has 1 N–H and O–H groups in total.